The summed E-state index contributed by atoms with van der Waals surface area (Å²) in [7, 11) is 1.60. The van der Waals surface area contributed by atoms with E-state index in [0.717, 1.165) is 52.5 Å². The number of hydrogen-bond donors (Lipinski definition) is 3. The number of nitrogens with one attached hydrogen (secondary N) is 3. The molecule has 9 rings (SSSR count). The standard InChI is InChI=1S/C44H50N8O6S/c1-25-45-17-13-31(47-25)39(54)48-32-21-36-33(20-35(32)58-2)49-41(59-36)28-8-6-26(7-9-28)24-51-18-14-44(15-19-51)22-27(23-44)12-16-46-30-5-3-4-29-38(30)43(57)52(42(29)56)34-10-11-37(53)50-40(34)55/h3-5,13,17,20-21,26-28,34,46H,6-12,14-16,18-19,22-24H2,1-2H3,(H,48,54)(H,50,53,55). The van der Waals surface area contributed by atoms with Crippen LogP contribution in [0.25, 0.3) is 10.2 Å². The van der Waals surface area contributed by atoms with Crippen molar-refractivity contribution in [3.63, 3.8) is 0 Å². The van der Waals surface area contributed by atoms with Crippen molar-refractivity contribution in [1.82, 2.24) is 30.1 Å². The molecule has 2 aromatic heterocycles. The molecule has 1 atom stereocenters. The Morgan fingerprint density at radius 2 is 1.76 bits per heavy atom. The van der Waals surface area contributed by atoms with E-state index in [0.29, 0.717) is 69.5 Å². The number of piperidine rings is 2. The molecule has 308 valence electrons. The van der Waals surface area contributed by atoms with E-state index in [1.54, 1.807) is 49.8 Å². The van der Waals surface area contributed by atoms with Gasteiger partial charge in [-0.15, -0.1) is 11.3 Å². The number of carbonyl (C=O) groups is 5. The lowest BCUT2D eigenvalue weighted by molar-refractivity contribution is -0.136. The van der Waals surface area contributed by atoms with Gasteiger partial charge in [0.15, 0.2) is 0 Å². The molecule has 0 bridgehead atoms. The third kappa shape index (κ3) is 7.82. The molecule has 0 radical (unpaired) electrons. The van der Waals surface area contributed by atoms with Crippen LogP contribution in [0, 0.1) is 24.2 Å². The van der Waals surface area contributed by atoms with Gasteiger partial charge >= 0.3 is 0 Å². The molecule has 15 heteroatoms. The molecule has 1 unspecified atom stereocenters. The number of nitrogens with zero attached hydrogens (tertiary/aromatic N) is 5. The topological polar surface area (TPSA) is 176 Å². The van der Waals surface area contributed by atoms with Crippen LogP contribution in [0.2, 0.25) is 0 Å². The maximum Gasteiger partial charge on any atom is 0.274 e. The van der Waals surface area contributed by atoms with E-state index in [4.69, 9.17) is 9.72 Å². The zero-order valence-electron chi connectivity index (χ0n) is 33.6. The fraction of sp³-hybridized carbons (Fsp3) is 0.500. The Hall–Kier alpha value is -5.28. The first-order valence-corrected chi connectivity index (χ1v) is 21.8. The number of fused-ring (bicyclic) bond motifs is 2. The van der Waals surface area contributed by atoms with Crippen molar-refractivity contribution in [2.75, 3.05) is 43.9 Å². The van der Waals surface area contributed by atoms with Crippen molar-refractivity contribution < 1.29 is 28.7 Å². The van der Waals surface area contributed by atoms with Gasteiger partial charge in [-0.25, -0.2) is 15.0 Å². The third-order valence-corrected chi connectivity index (χ3v) is 14.6. The van der Waals surface area contributed by atoms with Gasteiger partial charge in [-0.1, -0.05) is 6.07 Å². The average molecular weight is 819 g/mol. The van der Waals surface area contributed by atoms with Gasteiger partial charge in [0.05, 0.1) is 39.1 Å². The van der Waals surface area contributed by atoms with Crippen molar-refractivity contribution in [2.24, 2.45) is 17.3 Å². The van der Waals surface area contributed by atoms with Crippen molar-refractivity contribution in [1.29, 1.82) is 0 Å². The third-order valence-electron chi connectivity index (χ3n) is 13.4. The first-order valence-electron chi connectivity index (χ1n) is 21.0. The first-order chi connectivity index (χ1) is 28.6. The maximum absolute atomic E-state index is 13.4. The molecule has 5 aliphatic rings. The fourth-order valence-electron chi connectivity index (χ4n) is 10.2. The smallest absolute Gasteiger partial charge is 0.274 e. The van der Waals surface area contributed by atoms with Crippen LogP contribution in [-0.2, 0) is 9.59 Å². The highest BCUT2D eigenvalue weighted by molar-refractivity contribution is 7.18. The number of amides is 5. The number of thiazole rings is 1. The number of aryl methyl sites for hydroxylation is 1. The number of hydrogen-bond acceptors (Lipinski definition) is 12. The number of carbonyl (C=O) groups excluding carboxylic acids is 5. The maximum atomic E-state index is 13.4. The number of likely N-dealkylation sites (tertiary alicyclic amines) is 1. The van der Waals surface area contributed by atoms with Crippen LogP contribution >= 0.6 is 11.3 Å². The van der Waals surface area contributed by atoms with Crippen molar-refractivity contribution in [2.45, 2.75) is 89.5 Å². The Morgan fingerprint density at radius 3 is 2.51 bits per heavy atom. The Bertz CT molecular complexity index is 2320. The summed E-state index contributed by atoms with van der Waals surface area (Å²) in [4.78, 5) is 80.8. The minimum Gasteiger partial charge on any atom is -0.494 e. The molecule has 1 spiro atoms. The minimum absolute atomic E-state index is 0.0987. The Labute approximate surface area is 346 Å². The van der Waals surface area contributed by atoms with Crippen LogP contribution in [0.1, 0.15) is 119 Å². The SMILES string of the molecule is COc1cc2nc(C3CCC(CN4CCC5(CC4)CC(CCNc4cccc6c4C(=O)N(C4CCC(=O)NC4=O)C6=O)C5)CC3)sc2cc1NC(=O)c1ccnc(C)n1. The zero-order valence-corrected chi connectivity index (χ0v) is 34.4. The lowest BCUT2D eigenvalue weighted by atomic mass is 9.57. The normalized spacial score (nSPS) is 23.3. The number of anilines is 2. The lowest BCUT2D eigenvalue weighted by Crippen LogP contribution is -2.54. The van der Waals surface area contributed by atoms with E-state index < -0.39 is 23.8 Å². The van der Waals surface area contributed by atoms with E-state index in [1.807, 2.05) is 18.2 Å². The summed E-state index contributed by atoms with van der Waals surface area (Å²) in [6, 6.07) is 9.72. The molecule has 59 heavy (non-hydrogen) atoms. The summed E-state index contributed by atoms with van der Waals surface area (Å²) in [5, 5.41) is 9.82. The molecular formula is C44H50N8O6S. The second kappa shape index (κ2) is 16.1. The summed E-state index contributed by atoms with van der Waals surface area (Å²) in [6.07, 6.45) is 12.5. The van der Waals surface area contributed by atoms with Gasteiger partial charge in [0.2, 0.25) is 11.8 Å². The molecule has 4 fully saturated rings. The molecular weight excluding hydrogens is 769 g/mol. The largest absolute Gasteiger partial charge is 0.494 e. The molecule has 5 amide bonds. The van der Waals surface area contributed by atoms with E-state index in [2.05, 4.69) is 30.8 Å². The van der Waals surface area contributed by atoms with E-state index in [1.165, 1.54) is 45.1 Å². The highest BCUT2D eigenvalue weighted by Gasteiger charge is 2.47. The first kappa shape index (κ1) is 39.2. The van der Waals surface area contributed by atoms with Gasteiger partial charge in [0, 0.05) is 43.4 Å². The summed E-state index contributed by atoms with van der Waals surface area (Å²) in [6.45, 7) is 5.96. The molecule has 2 aromatic carbocycles. The number of rotatable bonds is 11. The Balaban J connectivity index is 0.713. The number of methoxy groups -OCH3 is 1. The van der Waals surface area contributed by atoms with Crippen molar-refractivity contribution >= 4 is 62.5 Å². The van der Waals surface area contributed by atoms with Gasteiger partial charge in [0.25, 0.3) is 17.7 Å². The van der Waals surface area contributed by atoms with Crippen LogP contribution in [0.4, 0.5) is 11.4 Å². The van der Waals surface area contributed by atoms with Crippen molar-refractivity contribution in [3.05, 3.63) is 70.2 Å². The van der Waals surface area contributed by atoms with Gasteiger partial charge in [-0.3, -0.25) is 34.2 Å². The van der Waals surface area contributed by atoms with Crippen LogP contribution < -0.4 is 20.7 Å². The molecule has 4 aromatic rings. The van der Waals surface area contributed by atoms with Crippen molar-refractivity contribution in [3.8, 4) is 5.75 Å². The molecule has 3 N–H and O–H groups in total. The quantitative estimate of drug-likeness (QED) is 0.144. The van der Waals surface area contributed by atoms with Gasteiger partial charge < -0.3 is 20.3 Å². The highest BCUT2D eigenvalue weighted by atomic mass is 32.1. The summed E-state index contributed by atoms with van der Waals surface area (Å²) >= 11 is 1.72. The van der Waals surface area contributed by atoms with Crippen LogP contribution in [0.15, 0.2) is 42.6 Å². The molecule has 14 nitrogen and oxygen atoms in total. The molecule has 3 aliphatic heterocycles. The number of imide groups is 2. The van der Waals surface area contributed by atoms with Gasteiger partial charge in [-0.05, 0) is 126 Å². The fourth-order valence-corrected chi connectivity index (χ4v) is 11.4. The van der Waals surface area contributed by atoms with Gasteiger partial charge in [0.1, 0.15) is 23.3 Å². The summed E-state index contributed by atoms with van der Waals surface area (Å²) < 4.78 is 6.66. The van der Waals surface area contributed by atoms with Gasteiger partial charge in [-0.2, -0.15) is 0 Å². The number of ether oxygens (including phenoxy) is 1. The van der Waals surface area contributed by atoms with Crippen LogP contribution in [0.3, 0.4) is 0 Å². The average Bonchev–Trinajstić information content (AvgIpc) is 3.75. The van der Waals surface area contributed by atoms with E-state index in [9.17, 15) is 24.0 Å². The monoisotopic (exact) mass is 818 g/mol. The summed E-state index contributed by atoms with van der Waals surface area (Å²) in [5.41, 5.74) is 3.50. The Kier molecular flexibility index (Phi) is 10.7. The predicted octanol–water partition coefficient (Wildman–Crippen LogP) is 6.33. The number of benzene rings is 2. The second-order valence-electron chi connectivity index (χ2n) is 17.2. The molecule has 2 aliphatic carbocycles. The molecule has 2 saturated carbocycles. The van der Waals surface area contributed by atoms with Crippen LogP contribution in [0.5, 0.6) is 5.75 Å². The second-order valence-corrected chi connectivity index (χ2v) is 18.3. The summed E-state index contributed by atoms with van der Waals surface area (Å²) in [5.74, 6) is 0.654. The minimum atomic E-state index is -0.969. The molecule has 5 heterocycles. The highest BCUT2D eigenvalue weighted by Crippen LogP contribution is 2.54. The van der Waals surface area contributed by atoms with E-state index in [-0.39, 0.29) is 24.7 Å². The molecule has 2 saturated heterocycles. The number of aromatic nitrogens is 3. The van der Waals surface area contributed by atoms with Crippen LogP contribution in [-0.4, -0.2) is 93.6 Å². The zero-order chi connectivity index (χ0) is 40.8. The lowest BCUT2D eigenvalue weighted by Gasteiger charge is -2.53. The van der Waals surface area contributed by atoms with E-state index >= 15 is 0 Å². The Morgan fingerprint density at radius 1 is 0.966 bits per heavy atom. The predicted molar refractivity (Wildman–Crippen MR) is 223 cm³/mol.